The predicted molar refractivity (Wildman–Crippen MR) is 72.3 cm³/mol. The van der Waals surface area contributed by atoms with Crippen LogP contribution < -0.4 is 11.1 Å². The summed E-state index contributed by atoms with van der Waals surface area (Å²) in [6.45, 7) is 8.40. The number of nitrogens with one attached hydrogen (secondary N) is 1. The van der Waals surface area contributed by atoms with E-state index in [0.29, 0.717) is 6.54 Å². The molecule has 1 aromatic heterocycles. The third-order valence-electron chi connectivity index (χ3n) is 2.85. The van der Waals surface area contributed by atoms with Crippen LogP contribution >= 0.6 is 0 Å². The van der Waals surface area contributed by atoms with Gasteiger partial charge in [-0.05, 0) is 20.0 Å². The Morgan fingerprint density at radius 3 is 2.40 bits per heavy atom. The summed E-state index contributed by atoms with van der Waals surface area (Å²) in [6.07, 6.45) is -4.53. The number of nitrogen functional groups attached to an aromatic ring is 1. The molecule has 1 aromatic rings. The summed E-state index contributed by atoms with van der Waals surface area (Å²) in [4.78, 5) is 9.14. The van der Waals surface area contributed by atoms with Gasteiger partial charge in [-0.15, -0.1) is 0 Å². The van der Waals surface area contributed by atoms with Crippen molar-refractivity contribution in [1.82, 2.24) is 14.9 Å². The van der Waals surface area contributed by atoms with E-state index in [1.54, 1.807) is 0 Å². The minimum absolute atomic E-state index is 0.0507. The normalized spacial score (nSPS) is 13.6. The van der Waals surface area contributed by atoms with Crippen molar-refractivity contribution in [1.29, 1.82) is 0 Å². The van der Waals surface area contributed by atoms with E-state index in [4.69, 9.17) is 5.73 Å². The standard InChI is InChI=1S/C12H20F3N5/c1-4-20(5-2)7-8(3)17-10-6-9(12(13,14)15)18-11(16)19-10/h6,8H,4-5,7H2,1-3H3,(H3,16,17,18,19). The number of hydrogen-bond donors (Lipinski definition) is 2. The van der Waals surface area contributed by atoms with Crippen molar-refractivity contribution in [2.24, 2.45) is 0 Å². The highest BCUT2D eigenvalue weighted by atomic mass is 19.4. The maximum atomic E-state index is 12.6. The molecule has 0 aliphatic carbocycles. The molecule has 1 atom stereocenters. The lowest BCUT2D eigenvalue weighted by atomic mass is 10.3. The first-order valence-electron chi connectivity index (χ1n) is 6.46. The highest BCUT2D eigenvalue weighted by Gasteiger charge is 2.33. The largest absolute Gasteiger partial charge is 0.433 e. The molecule has 0 amide bonds. The zero-order valence-corrected chi connectivity index (χ0v) is 11.8. The second kappa shape index (κ2) is 6.74. The SMILES string of the molecule is CCN(CC)CC(C)Nc1cc(C(F)(F)F)nc(N)n1. The Morgan fingerprint density at radius 2 is 1.90 bits per heavy atom. The molecular formula is C12H20F3N5. The van der Waals surface area contributed by atoms with E-state index in [9.17, 15) is 13.2 Å². The molecule has 3 N–H and O–H groups in total. The van der Waals surface area contributed by atoms with Crippen molar-refractivity contribution in [3.05, 3.63) is 11.8 Å². The Balaban J connectivity index is 2.79. The second-order valence-corrected chi connectivity index (χ2v) is 4.53. The smallest absolute Gasteiger partial charge is 0.368 e. The zero-order valence-electron chi connectivity index (χ0n) is 11.8. The average Bonchev–Trinajstić information content (AvgIpc) is 2.34. The van der Waals surface area contributed by atoms with Crippen LogP contribution in [0.5, 0.6) is 0 Å². The van der Waals surface area contributed by atoms with Gasteiger partial charge < -0.3 is 16.0 Å². The van der Waals surface area contributed by atoms with E-state index in [-0.39, 0.29) is 11.9 Å². The molecule has 1 unspecified atom stereocenters. The molecular weight excluding hydrogens is 271 g/mol. The first-order valence-corrected chi connectivity index (χ1v) is 6.46. The Hall–Kier alpha value is -1.57. The van der Waals surface area contributed by atoms with E-state index >= 15 is 0 Å². The van der Waals surface area contributed by atoms with Gasteiger partial charge in [0.1, 0.15) is 5.82 Å². The fraction of sp³-hybridized carbons (Fsp3) is 0.667. The molecule has 114 valence electrons. The van der Waals surface area contributed by atoms with Gasteiger partial charge in [-0.1, -0.05) is 13.8 Å². The molecule has 0 aromatic carbocycles. The molecule has 0 saturated heterocycles. The summed E-state index contributed by atoms with van der Waals surface area (Å²) >= 11 is 0. The number of nitrogens with two attached hydrogens (primary N) is 1. The van der Waals surface area contributed by atoms with Gasteiger partial charge in [0.2, 0.25) is 5.95 Å². The number of rotatable bonds is 6. The fourth-order valence-corrected chi connectivity index (χ4v) is 1.85. The quantitative estimate of drug-likeness (QED) is 0.841. The Labute approximate surface area is 116 Å². The maximum Gasteiger partial charge on any atom is 0.433 e. The average molecular weight is 291 g/mol. The van der Waals surface area contributed by atoms with Crippen LogP contribution in [-0.4, -0.2) is 40.5 Å². The number of nitrogens with zero attached hydrogens (tertiary/aromatic N) is 3. The van der Waals surface area contributed by atoms with Gasteiger partial charge in [0.05, 0.1) is 0 Å². The molecule has 0 aliphatic heterocycles. The van der Waals surface area contributed by atoms with Gasteiger partial charge in [-0.25, -0.2) is 4.98 Å². The van der Waals surface area contributed by atoms with E-state index in [0.717, 1.165) is 19.2 Å². The summed E-state index contributed by atoms with van der Waals surface area (Å²) in [6, 6.07) is 0.819. The third kappa shape index (κ3) is 4.84. The number of alkyl halides is 3. The third-order valence-corrected chi connectivity index (χ3v) is 2.85. The van der Waals surface area contributed by atoms with Crippen LogP contribution in [0.15, 0.2) is 6.07 Å². The first kappa shape index (κ1) is 16.5. The van der Waals surface area contributed by atoms with Crippen molar-refractivity contribution in [2.75, 3.05) is 30.7 Å². The van der Waals surface area contributed by atoms with E-state index in [1.165, 1.54) is 0 Å². The van der Waals surface area contributed by atoms with Gasteiger partial charge in [-0.3, -0.25) is 0 Å². The molecule has 1 rings (SSSR count). The Kier molecular flexibility index (Phi) is 5.55. The molecule has 0 aliphatic rings. The molecule has 0 bridgehead atoms. The monoisotopic (exact) mass is 291 g/mol. The van der Waals surface area contributed by atoms with Crippen LogP contribution in [0.4, 0.5) is 24.9 Å². The van der Waals surface area contributed by atoms with Gasteiger partial charge in [0.25, 0.3) is 0 Å². The number of hydrogen-bond acceptors (Lipinski definition) is 5. The lowest BCUT2D eigenvalue weighted by Gasteiger charge is -2.24. The molecule has 8 heteroatoms. The lowest BCUT2D eigenvalue weighted by molar-refractivity contribution is -0.141. The van der Waals surface area contributed by atoms with Crippen molar-refractivity contribution in [2.45, 2.75) is 33.0 Å². The molecule has 0 spiro atoms. The topological polar surface area (TPSA) is 67.1 Å². The lowest BCUT2D eigenvalue weighted by Crippen LogP contribution is -2.35. The van der Waals surface area contributed by atoms with Crippen LogP contribution in [0, 0.1) is 0 Å². The van der Waals surface area contributed by atoms with Gasteiger partial charge in [0.15, 0.2) is 5.69 Å². The summed E-state index contributed by atoms with van der Waals surface area (Å²) in [7, 11) is 0. The van der Waals surface area contributed by atoms with Crippen LogP contribution in [0.3, 0.4) is 0 Å². The van der Waals surface area contributed by atoms with Crippen LogP contribution in [-0.2, 0) is 6.18 Å². The van der Waals surface area contributed by atoms with Crippen molar-refractivity contribution >= 4 is 11.8 Å². The van der Waals surface area contributed by atoms with Crippen molar-refractivity contribution in [3.63, 3.8) is 0 Å². The van der Waals surface area contributed by atoms with E-state index in [1.807, 2.05) is 20.8 Å². The van der Waals surface area contributed by atoms with Crippen LogP contribution in [0.1, 0.15) is 26.5 Å². The Morgan fingerprint density at radius 1 is 1.30 bits per heavy atom. The molecule has 20 heavy (non-hydrogen) atoms. The minimum atomic E-state index is -4.53. The predicted octanol–water partition coefficient (Wildman–Crippen LogP) is 2.22. The Bertz CT molecular complexity index is 432. The number of likely N-dealkylation sites (N-methyl/N-ethyl adjacent to an activating group) is 1. The van der Waals surface area contributed by atoms with Gasteiger partial charge >= 0.3 is 6.18 Å². The van der Waals surface area contributed by atoms with Gasteiger partial charge in [0, 0.05) is 18.7 Å². The summed E-state index contributed by atoms with van der Waals surface area (Å²) in [5, 5.41) is 2.92. The van der Waals surface area contributed by atoms with Crippen LogP contribution in [0.2, 0.25) is 0 Å². The highest BCUT2D eigenvalue weighted by molar-refractivity contribution is 5.42. The molecule has 5 nitrogen and oxygen atoms in total. The minimum Gasteiger partial charge on any atom is -0.368 e. The molecule has 1 heterocycles. The summed E-state index contributed by atoms with van der Waals surface area (Å²) in [5.74, 6) is -0.304. The van der Waals surface area contributed by atoms with Gasteiger partial charge in [-0.2, -0.15) is 18.2 Å². The summed E-state index contributed by atoms with van der Waals surface area (Å²) in [5.41, 5.74) is 4.27. The van der Waals surface area contributed by atoms with E-state index < -0.39 is 17.8 Å². The number of aromatic nitrogens is 2. The van der Waals surface area contributed by atoms with Crippen molar-refractivity contribution in [3.8, 4) is 0 Å². The molecule has 0 radical (unpaired) electrons. The first-order chi connectivity index (χ1) is 9.26. The molecule has 0 saturated carbocycles. The van der Waals surface area contributed by atoms with E-state index in [2.05, 4.69) is 20.2 Å². The fourth-order valence-electron chi connectivity index (χ4n) is 1.85. The second-order valence-electron chi connectivity index (χ2n) is 4.53. The zero-order chi connectivity index (χ0) is 15.3. The van der Waals surface area contributed by atoms with Crippen molar-refractivity contribution < 1.29 is 13.2 Å². The maximum absolute atomic E-state index is 12.6. The van der Waals surface area contributed by atoms with Crippen LogP contribution in [0.25, 0.3) is 0 Å². The molecule has 0 fully saturated rings. The number of anilines is 2. The number of halogens is 3. The highest BCUT2D eigenvalue weighted by Crippen LogP contribution is 2.29. The summed E-state index contributed by atoms with van der Waals surface area (Å²) < 4.78 is 37.9.